The maximum atomic E-state index is 13.3. The lowest BCUT2D eigenvalue weighted by Gasteiger charge is -2.22. The molecule has 1 saturated carbocycles. The lowest BCUT2D eigenvalue weighted by atomic mass is 9.87. The highest BCUT2D eigenvalue weighted by molar-refractivity contribution is 9.10. The van der Waals surface area contributed by atoms with Crippen molar-refractivity contribution in [3.05, 3.63) is 27.7 Å². The summed E-state index contributed by atoms with van der Waals surface area (Å²) in [5.41, 5.74) is -0.791. The Kier molecular flexibility index (Phi) is 4.51. The highest BCUT2D eigenvalue weighted by Gasteiger charge is 2.41. The number of carboxylic acid groups (broad SMARTS) is 1. The van der Waals surface area contributed by atoms with Crippen molar-refractivity contribution in [1.82, 2.24) is 0 Å². The van der Waals surface area contributed by atoms with Crippen molar-refractivity contribution in [2.24, 2.45) is 5.92 Å². The number of methoxy groups -OCH3 is 1. The first-order valence-electron chi connectivity index (χ1n) is 6.40. The number of carboxylic acids is 1. The predicted octanol–water partition coefficient (Wildman–Crippen LogP) is 4.44. The van der Waals surface area contributed by atoms with Gasteiger partial charge in [-0.1, -0.05) is 0 Å². The van der Waals surface area contributed by atoms with Crippen molar-refractivity contribution in [2.45, 2.75) is 31.4 Å². The Bertz CT molecular complexity index is 553. The number of benzene rings is 1. The van der Waals surface area contributed by atoms with Gasteiger partial charge in [-0.2, -0.15) is 13.2 Å². The van der Waals surface area contributed by atoms with Crippen LogP contribution in [-0.4, -0.2) is 18.2 Å². The maximum Gasteiger partial charge on any atom is 0.416 e. The molecule has 1 aliphatic rings. The van der Waals surface area contributed by atoms with Gasteiger partial charge >= 0.3 is 12.1 Å². The fraction of sp³-hybridized carbons (Fsp3) is 0.500. The number of carbonyl (C=O) groups is 1. The van der Waals surface area contributed by atoms with Crippen molar-refractivity contribution >= 4 is 21.9 Å². The summed E-state index contributed by atoms with van der Waals surface area (Å²) in [5.74, 6) is -1.63. The van der Waals surface area contributed by atoms with Crippen LogP contribution in [0, 0.1) is 5.92 Å². The first kappa shape index (κ1) is 16.1. The van der Waals surface area contributed by atoms with E-state index in [2.05, 4.69) is 15.9 Å². The summed E-state index contributed by atoms with van der Waals surface area (Å²) in [6.07, 6.45) is -3.32. The summed E-state index contributed by atoms with van der Waals surface area (Å²) in [5, 5.41) is 8.97. The highest BCUT2D eigenvalue weighted by atomic mass is 79.9. The third kappa shape index (κ3) is 3.70. The Morgan fingerprint density at radius 2 is 2.10 bits per heavy atom. The van der Waals surface area contributed by atoms with Gasteiger partial charge in [0.2, 0.25) is 0 Å². The Balaban J connectivity index is 2.53. The van der Waals surface area contributed by atoms with Crippen LogP contribution in [0.15, 0.2) is 16.6 Å². The molecule has 116 valence electrons. The minimum Gasteiger partial charge on any atom is -0.496 e. The number of rotatable bonds is 5. The minimum absolute atomic E-state index is 0.00231. The van der Waals surface area contributed by atoms with Gasteiger partial charge in [-0.3, -0.25) is 4.79 Å². The zero-order valence-electron chi connectivity index (χ0n) is 11.2. The predicted molar refractivity (Wildman–Crippen MR) is 73.4 cm³/mol. The van der Waals surface area contributed by atoms with Gasteiger partial charge in [-0.15, -0.1) is 0 Å². The third-order valence-corrected chi connectivity index (χ3v) is 4.23. The molecule has 0 heterocycles. The molecular weight excluding hydrogens is 353 g/mol. The van der Waals surface area contributed by atoms with Crippen LogP contribution in [0.1, 0.15) is 36.3 Å². The average molecular weight is 367 g/mol. The van der Waals surface area contributed by atoms with E-state index in [1.165, 1.54) is 13.2 Å². The van der Waals surface area contributed by atoms with E-state index in [-0.39, 0.29) is 23.7 Å². The van der Waals surface area contributed by atoms with Crippen LogP contribution in [0.5, 0.6) is 5.75 Å². The third-order valence-electron chi connectivity index (χ3n) is 3.61. The molecule has 1 aromatic carbocycles. The topological polar surface area (TPSA) is 46.5 Å². The van der Waals surface area contributed by atoms with Crippen LogP contribution in [0.25, 0.3) is 0 Å². The smallest absolute Gasteiger partial charge is 0.416 e. The van der Waals surface area contributed by atoms with Crippen molar-refractivity contribution in [2.75, 3.05) is 7.11 Å². The molecule has 1 aliphatic carbocycles. The number of alkyl halides is 3. The molecule has 1 fully saturated rings. The number of hydrogen-bond donors (Lipinski definition) is 1. The van der Waals surface area contributed by atoms with Crippen LogP contribution in [-0.2, 0) is 11.0 Å². The second-order valence-electron chi connectivity index (χ2n) is 5.11. The molecule has 0 bridgehead atoms. The van der Waals surface area contributed by atoms with Crippen molar-refractivity contribution in [3.8, 4) is 5.75 Å². The first-order valence-corrected chi connectivity index (χ1v) is 7.19. The second kappa shape index (κ2) is 5.87. The van der Waals surface area contributed by atoms with Gasteiger partial charge in [-0.05, 0) is 58.3 Å². The molecule has 0 amide bonds. The van der Waals surface area contributed by atoms with E-state index in [1.54, 1.807) is 0 Å². The first-order chi connectivity index (χ1) is 9.74. The van der Waals surface area contributed by atoms with Crippen molar-refractivity contribution in [3.63, 3.8) is 0 Å². The van der Waals surface area contributed by atoms with E-state index in [0.717, 1.165) is 18.9 Å². The van der Waals surface area contributed by atoms with E-state index >= 15 is 0 Å². The van der Waals surface area contributed by atoms with Gasteiger partial charge in [0.05, 0.1) is 23.6 Å². The lowest BCUT2D eigenvalue weighted by molar-refractivity contribution is -0.140. The van der Waals surface area contributed by atoms with Crippen molar-refractivity contribution in [1.29, 1.82) is 0 Å². The van der Waals surface area contributed by atoms with E-state index in [4.69, 9.17) is 9.84 Å². The summed E-state index contributed by atoms with van der Waals surface area (Å²) >= 11 is 3.17. The Hall–Kier alpha value is -1.24. The fourth-order valence-corrected chi connectivity index (χ4v) is 3.02. The molecule has 0 saturated heterocycles. The molecule has 2 rings (SSSR count). The molecule has 7 heteroatoms. The van der Waals surface area contributed by atoms with Crippen LogP contribution >= 0.6 is 15.9 Å². The zero-order valence-corrected chi connectivity index (χ0v) is 12.8. The Morgan fingerprint density at radius 3 is 2.52 bits per heavy atom. The number of hydrogen-bond acceptors (Lipinski definition) is 2. The maximum absolute atomic E-state index is 13.3. The molecule has 0 aromatic heterocycles. The van der Waals surface area contributed by atoms with E-state index in [9.17, 15) is 18.0 Å². The quantitative estimate of drug-likeness (QED) is 0.837. The van der Waals surface area contributed by atoms with Gasteiger partial charge < -0.3 is 9.84 Å². The summed E-state index contributed by atoms with van der Waals surface area (Å²) in [4.78, 5) is 11.0. The van der Waals surface area contributed by atoms with Crippen molar-refractivity contribution < 1.29 is 27.8 Å². The Labute approximate surface area is 128 Å². The van der Waals surface area contributed by atoms with Gasteiger partial charge in [-0.25, -0.2) is 0 Å². The fourth-order valence-electron chi connectivity index (χ4n) is 2.49. The highest BCUT2D eigenvalue weighted by Crippen LogP contribution is 2.49. The SMILES string of the molecule is COc1cc(C(F)(F)F)c(C(CC(=O)O)C2CC2)cc1Br. The number of ether oxygens (including phenoxy) is 1. The minimum atomic E-state index is -4.55. The summed E-state index contributed by atoms with van der Waals surface area (Å²) in [6, 6.07) is 2.27. The van der Waals surface area contributed by atoms with Crippen LogP contribution in [0.2, 0.25) is 0 Å². The monoisotopic (exact) mass is 366 g/mol. The lowest BCUT2D eigenvalue weighted by Crippen LogP contribution is -2.16. The van der Waals surface area contributed by atoms with Crippen LogP contribution in [0.4, 0.5) is 13.2 Å². The molecule has 0 spiro atoms. The molecule has 1 aromatic rings. The average Bonchev–Trinajstić information content (AvgIpc) is 3.18. The Morgan fingerprint density at radius 1 is 1.48 bits per heavy atom. The van der Waals surface area contributed by atoms with Crippen LogP contribution < -0.4 is 4.74 Å². The largest absolute Gasteiger partial charge is 0.496 e. The summed E-state index contributed by atoms with van der Waals surface area (Å²) in [6.45, 7) is 0. The van der Waals surface area contributed by atoms with Gasteiger partial charge in [0.15, 0.2) is 0 Å². The molecule has 3 nitrogen and oxygen atoms in total. The number of aliphatic carboxylic acids is 1. The molecular formula is C14H14BrF3O3. The molecule has 21 heavy (non-hydrogen) atoms. The van der Waals surface area contributed by atoms with Gasteiger partial charge in [0.1, 0.15) is 5.75 Å². The van der Waals surface area contributed by atoms with E-state index < -0.39 is 23.6 Å². The summed E-state index contributed by atoms with van der Waals surface area (Å²) in [7, 11) is 1.29. The van der Waals surface area contributed by atoms with E-state index in [0.29, 0.717) is 4.47 Å². The van der Waals surface area contributed by atoms with Gasteiger partial charge in [0, 0.05) is 0 Å². The normalized spacial score (nSPS) is 16.6. The molecule has 1 unspecified atom stereocenters. The standard InChI is InChI=1S/C14H14BrF3O3/c1-21-12-6-10(14(16,17)18)9(4-11(12)15)8(5-13(19)20)7-2-3-7/h4,6-8H,2-3,5H2,1H3,(H,19,20). The summed E-state index contributed by atoms with van der Waals surface area (Å²) < 4.78 is 45.1. The van der Waals surface area contributed by atoms with Gasteiger partial charge in [0.25, 0.3) is 0 Å². The molecule has 1 N–H and O–H groups in total. The van der Waals surface area contributed by atoms with E-state index in [1.807, 2.05) is 0 Å². The molecule has 1 atom stereocenters. The molecule has 0 aliphatic heterocycles. The zero-order chi connectivity index (χ0) is 15.8. The second-order valence-corrected chi connectivity index (χ2v) is 5.97. The number of halogens is 4. The molecule has 0 radical (unpaired) electrons. The van der Waals surface area contributed by atoms with Crippen LogP contribution in [0.3, 0.4) is 0 Å².